The highest BCUT2D eigenvalue weighted by molar-refractivity contribution is 7.99. The van der Waals surface area contributed by atoms with Crippen molar-refractivity contribution in [1.29, 1.82) is 0 Å². The lowest BCUT2D eigenvalue weighted by Crippen LogP contribution is -2.37. The Kier molecular flexibility index (Phi) is 6.71. The van der Waals surface area contributed by atoms with Crippen LogP contribution in [0.2, 0.25) is 0 Å². The van der Waals surface area contributed by atoms with Crippen molar-refractivity contribution in [2.45, 2.75) is 31.7 Å². The van der Waals surface area contributed by atoms with Gasteiger partial charge in [0.05, 0.1) is 12.9 Å². The third-order valence-electron chi connectivity index (χ3n) is 4.20. The predicted octanol–water partition coefficient (Wildman–Crippen LogP) is 4.27. The average molecular weight is 398 g/mol. The molecule has 0 aliphatic heterocycles. The molecule has 0 unspecified atom stereocenters. The summed E-state index contributed by atoms with van der Waals surface area (Å²) in [5, 5.41) is 8.48. The maximum atomic E-state index is 12.7. The van der Waals surface area contributed by atoms with E-state index >= 15 is 0 Å². The van der Waals surface area contributed by atoms with E-state index in [-0.39, 0.29) is 17.7 Å². The number of hydrogen-bond acceptors (Lipinski definition) is 6. The molecule has 0 fully saturated rings. The fourth-order valence-corrected chi connectivity index (χ4v) is 3.31. The molecule has 0 atom stereocenters. The van der Waals surface area contributed by atoms with Crippen LogP contribution in [0.5, 0.6) is 5.75 Å². The first-order chi connectivity index (χ1) is 13.6. The Labute approximate surface area is 168 Å². The molecule has 0 spiro atoms. The molecule has 0 N–H and O–H groups in total. The van der Waals surface area contributed by atoms with E-state index in [9.17, 15) is 4.79 Å². The second-order valence-corrected chi connectivity index (χ2v) is 7.42. The summed E-state index contributed by atoms with van der Waals surface area (Å²) in [4.78, 5) is 14.6. The zero-order valence-electron chi connectivity index (χ0n) is 16.2. The van der Waals surface area contributed by atoms with Crippen molar-refractivity contribution in [3.8, 4) is 17.2 Å². The van der Waals surface area contributed by atoms with Gasteiger partial charge in [-0.15, -0.1) is 10.2 Å². The number of hydrogen-bond donors (Lipinski definition) is 0. The molecule has 0 aliphatic carbocycles. The number of methoxy groups -OCH3 is 1. The Hall–Kier alpha value is -2.80. The second-order valence-electron chi connectivity index (χ2n) is 6.49. The van der Waals surface area contributed by atoms with Gasteiger partial charge in [-0.3, -0.25) is 4.79 Å². The maximum absolute atomic E-state index is 12.7. The fraction of sp³-hybridized carbons (Fsp3) is 0.286. The topological polar surface area (TPSA) is 68.5 Å². The average Bonchev–Trinajstić information content (AvgIpc) is 3.20. The van der Waals surface area contributed by atoms with Crippen molar-refractivity contribution in [3.63, 3.8) is 0 Å². The summed E-state index contributed by atoms with van der Waals surface area (Å²) in [7, 11) is 1.62. The monoisotopic (exact) mass is 397 g/mol. The van der Waals surface area contributed by atoms with E-state index in [2.05, 4.69) is 10.2 Å². The molecular weight excluding hydrogens is 374 g/mol. The fourth-order valence-electron chi connectivity index (χ4n) is 2.66. The normalized spacial score (nSPS) is 10.9. The van der Waals surface area contributed by atoms with E-state index in [4.69, 9.17) is 9.15 Å². The lowest BCUT2D eigenvalue weighted by Gasteiger charge is -2.26. The van der Waals surface area contributed by atoms with Gasteiger partial charge in [-0.05, 0) is 43.7 Å². The minimum Gasteiger partial charge on any atom is -0.497 e. The number of benzene rings is 2. The molecule has 0 saturated carbocycles. The quantitative estimate of drug-likeness (QED) is 0.529. The molecule has 0 bridgehead atoms. The van der Waals surface area contributed by atoms with Gasteiger partial charge in [0.2, 0.25) is 11.8 Å². The minimum atomic E-state index is 0.0352. The van der Waals surface area contributed by atoms with Crippen LogP contribution in [-0.4, -0.2) is 39.9 Å². The van der Waals surface area contributed by atoms with Gasteiger partial charge in [0, 0.05) is 18.2 Å². The predicted molar refractivity (Wildman–Crippen MR) is 109 cm³/mol. The maximum Gasteiger partial charge on any atom is 0.277 e. The Bertz CT molecular complexity index is 895. The van der Waals surface area contributed by atoms with Gasteiger partial charge in [-0.2, -0.15) is 0 Å². The van der Waals surface area contributed by atoms with E-state index in [1.807, 2.05) is 73.3 Å². The summed E-state index contributed by atoms with van der Waals surface area (Å²) in [6.07, 6.45) is 0. The van der Waals surface area contributed by atoms with Gasteiger partial charge in [0.25, 0.3) is 5.22 Å². The molecule has 1 aromatic heterocycles. The van der Waals surface area contributed by atoms with Crippen molar-refractivity contribution < 1.29 is 13.9 Å². The summed E-state index contributed by atoms with van der Waals surface area (Å²) in [5.74, 6) is 1.46. The van der Waals surface area contributed by atoms with E-state index in [0.29, 0.717) is 17.7 Å². The van der Waals surface area contributed by atoms with Crippen LogP contribution in [0.3, 0.4) is 0 Å². The summed E-state index contributed by atoms with van der Waals surface area (Å²) in [6.45, 7) is 4.61. The Morgan fingerprint density at radius 1 is 1.11 bits per heavy atom. The van der Waals surface area contributed by atoms with Crippen LogP contribution in [0.15, 0.2) is 64.2 Å². The molecule has 1 heterocycles. The summed E-state index contributed by atoms with van der Waals surface area (Å²) >= 11 is 1.25. The third kappa shape index (κ3) is 5.13. The molecule has 3 rings (SSSR count). The summed E-state index contributed by atoms with van der Waals surface area (Å²) < 4.78 is 10.8. The van der Waals surface area contributed by atoms with Crippen molar-refractivity contribution in [2.24, 2.45) is 0 Å². The van der Waals surface area contributed by atoms with Crippen molar-refractivity contribution in [1.82, 2.24) is 15.1 Å². The van der Waals surface area contributed by atoms with Gasteiger partial charge in [0.1, 0.15) is 5.75 Å². The number of nitrogens with zero attached hydrogens (tertiary/aromatic N) is 3. The van der Waals surface area contributed by atoms with Crippen LogP contribution < -0.4 is 4.74 Å². The first-order valence-electron chi connectivity index (χ1n) is 9.01. The number of ether oxygens (including phenoxy) is 1. The lowest BCUT2D eigenvalue weighted by atomic mass is 10.2. The highest BCUT2D eigenvalue weighted by Gasteiger charge is 2.19. The van der Waals surface area contributed by atoms with E-state index < -0.39 is 0 Å². The first-order valence-corrected chi connectivity index (χ1v) is 9.99. The summed E-state index contributed by atoms with van der Waals surface area (Å²) in [5.41, 5.74) is 1.91. The second kappa shape index (κ2) is 9.41. The van der Waals surface area contributed by atoms with Gasteiger partial charge in [0.15, 0.2) is 0 Å². The number of carbonyl (C=O) groups excluding carboxylic acids is 1. The van der Waals surface area contributed by atoms with Gasteiger partial charge >= 0.3 is 0 Å². The van der Waals surface area contributed by atoms with Crippen molar-refractivity contribution in [2.75, 3.05) is 12.9 Å². The van der Waals surface area contributed by atoms with Crippen LogP contribution in [0, 0.1) is 0 Å². The van der Waals surface area contributed by atoms with Gasteiger partial charge in [-0.1, -0.05) is 42.1 Å². The number of amides is 1. The molecule has 28 heavy (non-hydrogen) atoms. The zero-order valence-corrected chi connectivity index (χ0v) is 17.0. The van der Waals surface area contributed by atoms with Crippen LogP contribution in [0.1, 0.15) is 19.4 Å². The lowest BCUT2D eigenvalue weighted by molar-refractivity contribution is -0.130. The van der Waals surface area contributed by atoms with Crippen LogP contribution in [0.25, 0.3) is 11.5 Å². The molecule has 146 valence electrons. The molecule has 0 radical (unpaired) electrons. The highest BCUT2D eigenvalue weighted by Crippen LogP contribution is 2.25. The van der Waals surface area contributed by atoms with Crippen molar-refractivity contribution >= 4 is 17.7 Å². The molecule has 2 aromatic carbocycles. The van der Waals surface area contributed by atoms with Crippen LogP contribution >= 0.6 is 11.8 Å². The Morgan fingerprint density at radius 2 is 1.82 bits per heavy atom. The number of aromatic nitrogens is 2. The van der Waals surface area contributed by atoms with Gasteiger partial charge < -0.3 is 14.1 Å². The molecular formula is C21H23N3O3S. The highest BCUT2D eigenvalue weighted by atomic mass is 32.2. The number of rotatable bonds is 8. The largest absolute Gasteiger partial charge is 0.497 e. The third-order valence-corrected chi connectivity index (χ3v) is 5.01. The van der Waals surface area contributed by atoms with Crippen LogP contribution in [0.4, 0.5) is 0 Å². The Morgan fingerprint density at radius 3 is 2.46 bits per heavy atom. The Balaban J connectivity index is 1.60. The molecule has 1 amide bonds. The molecule has 0 saturated heterocycles. The van der Waals surface area contributed by atoms with E-state index in [0.717, 1.165) is 16.9 Å². The molecule has 3 aromatic rings. The molecule has 0 aliphatic rings. The first kappa shape index (κ1) is 19.9. The van der Waals surface area contributed by atoms with Crippen LogP contribution in [-0.2, 0) is 11.3 Å². The minimum absolute atomic E-state index is 0.0352. The zero-order chi connectivity index (χ0) is 19.9. The summed E-state index contributed by atoms with van der Waals surface area (Å²) in [6, 6.07) is 17.4. The van der Waals surface area contributed by atoms with Gasteiger partial charge in [-0.25, -0.2) is 0 Å². The SMILES string of the molecule is COc1ccc(-c2nnc(SCC(=O)N(Cc3ccccc3)C(C)C)o2)cc1. The standard InChI is InChI=1S/C21H23N3O3S/c1-15(2)24(13-16-7-5-4-6-8-16)19(25)14-28-21-23-22-20(27-21)17-9-11-18(26-3)12-10-17/h4-12,15H,13-14H2,1-3H3. The molecule has 7 heteroatoms. The number of carbonyl (C=O) groups is 1. The molecule has 6 nitrogen and oxygen atoms in total. The van der Waals surface area contributed by atoms with E-state index in [1.54, 1.807) is 7.11 Å². The smallest absolute Gasteiger partial charge is 0.277 e. The van der Waals surface area contributed by atoms with Crippen molar-refractivity contribution in [3.05, 3.63) is 60.2 Å². The van der Waals surface area contributed by atoms with E-state index in [1.165, 1.54) is 11.8 Å². The number of thioether (sulfide) groups is 1.